The maximum atomic E-state index is 7.71. The highest BCUT2D eigenvalue weighted by Gasteiger charge is 2.42. The number of benzene rings is 2. The summed E-state index contributed by atoms with van der Waals surface area (Å²) in [4.78, 5) is 39.6. The Balaban J connectivity index is 1.62. The molecule has 0 fully saturated rings. The van der Waals surface area contributed by atoms with Crippen molar-refractivity contribution in [2.45, 2.75) is 0 Å². The summed E-state index contributed by atoms with van der Waals surface area (Å²) in [5.74, 6) is 1.43. The van der Waals surface area contributed by atoms with E-state index in [-0.39, 0.29) is 11.6 Å². The van der Waals surface area contributed by atoms with Crippen molar-refractivity contribution >= 4 is 46.3 Å². The fourth-order valence-electron chi connectivity index (χ4n) is 4.78. The van der Waals surface area contributed by atoms with Crippen LogP contribution in [0, 0.1) is 13.1 Å². The predicted octanol–water partition coefficient (Wildman–Crippen LogP) is 7.75. The van der Waals surface area contributed by atoms with E-state index in [2.05, 4.69) is 29.6 Å². The topological polar surface area (TPSA) is 92.5 Å². The first-order valence-corrected chi connectivity index (χ1v) is 12.9. The zero-order valence-corrected chi connectivity index (χ0v) is 21.9. The number of nitrogens with zero attached hydrogens (tertiary/aromatic N) is 10. The average molecular weight is 543 g/mol. The van der Waals surface area contributed by atoms with E-state index in [1.54, 1.807) is 12.4 Å². The van der Waals surface area contributed by atoms with E-state index in [1.807, 2.05) is 107 Å². The summed E-state index contributed by atoms with van der Waals surface area (Å²) in [5.41, 5.74) is 3.77. The molecule has 2 aromatic carbocycles. The van der Waals surface area contributed by atoms with Gasteiger partial charge in [0.25, 0.3) is 11.6 Å². The standard InChI is InChI=1S/C32H18N10/c1-33-27-28(34-2)40-32-31(39-27)41(21-13-5-3-6-14-21)29-30(42(32)22-15-7-4-8-16-22)38-26(24-18-10-12-20-36-24)25(37-29)23-17-9-11-19-35-23/h3-20H. The Bertz CT molecular complexity index is 1860. The molecule has 0 amide bonds. The summed E-state index contributed by atoms with van der Waals surface area (Å²) in [6, 6.07) is 30.4. The maximum Gasteiger partial charge on any atom is 0.300 e. The number of aromatic nitrogens is 6. The number of hydrogen-bond acceptors (Lipinski definition) is 8. The molecule has 5 heterocycles. The number of para-hydroxylation sites is 2. The molecule has 4 aromatic heterocycles. The van der Waals surface area contributed by atoms with E-state index >= 15 is 0 Å². The first kappa shape index (κ1) is 24.5. The molecule has 196 valence electrons. The van der Waals surface area contributed by atoms with Gasteiger partial charge >= 0.3 is 11.6 Å². The maximum absolute atomic E-state index is 7.71. The molecule has 10 nitrogen and oxygen atoms in total. The van der Waals surface area contributed by atoms with Gasteiger partial charge in [-0.3, -0.25) is 19.8 Å². The summed E-state index contributed by atoms with van der Waals surface area (Å²) in [7, 11) is 0. The van der Waals surface area contributed by atoms with Crippen LogP contribution in [0.1, 0.15) is 0 Å². The second-order valence-corrected chi connectivity index (χ2v) is 9.08. The SMILES string of the molecule is [C-]#[N+]c1nc2c(nc1[N+]#[C-])N(c1ccccc1)c1nc(-c3ccccn3)c(-c3ccccn3)nc1N2c1ccccc1. The van der Waals surface area contributed by atoms with E-state index in [9.17, 15) is 0 Å². The molecule has 42 heavy (non-hydrogen) atoms. The zero-order valence-electron chi connectivity index (χ0n) is 21.9. The Kier molecular flexibility index (Phi) is 5.97. The molecule has 0 unspecified atom stereocenters. The molecule has 6 aromatic rings. The van der Waals surface area contributed by atoms with Crippen LogP contribution in [0.15, 0.2) is 109 Å². The van der Waals surface area contributed by atoms with Gasteiger partial charge in [0, 0.05) is 12.4 Å². The molecule has 0 radical (unpaired) electrons. The number of pyridine rings is 2. The van der Waals surface area contributed by atoms with E-state index in [0.717, 1.165) is 11.4 Å². The first-order chi connectivity index (χ1) is 20.8. The Hall–Kier alpha value is -6.52. The van der Waals surface area contributed by atoms with Gasteiger partial charge in [0.15, 0.2) is 11.6 Å². The fraction of sp³-hybridized carbons (Fsp3) is 0. The summed E-state index contributed by atoms with van der Waals surface area (Å²) < 4.78 is 0. The molecule has 0 atom stereocenters. The number of anilines is 6. The second-order valence-electron chi connectivity index (χ2n) is 9.08. The third-order valence-electron chi connectivity index (χ3n) is 6.59. The van der Waals surface area contributed by atoms with E-state index in [4.69, 9.17) is 23.1 Å². The zero-order chi connectivity index (χ0) is 28.5. The lowest BCUT2D eigenvalue weighted by Crippen LogP contribution is -2.28. The Morgan fingerprint density at radius 2 is 0.833 bits per heavy atom. The van der Waals surface area contributed by atoms with E-state index in [1.165, 1.54) is 0 Å². The monoisotopic (exact) mass is 542 g/mol. The lowest BCUT2D eigenvalue weighted by Gasteiger charge is -2.34. The van der Waals surface area contributed by atoms with Crippen LogP contribution in [0.3, 0.4) is 0 Å². The number of rotatable bonds is 4. The van der Waals surface area contributed by atoms with Crippen molar-refractivity contribution in [2.24, 2.45) is 0 Å². The quantitative estimate of drug-likeness (QED) is 0.209. The molecule has 0 saturated carbocycles. The van der Waals surface area contributed by atoms with Gasteiger partial charge in [0.2, 0.25) is 0 Å². The number of fused-ring (bicyclic) bond motifs is 2. The average Bonchev–Trinajstić information content (AvgIpc) is 3.07. The predicted molar refractivity (Wildman–Crippen MR) is 160 cm³/mol. The molecule has 7 rings (SSSR count). The van der Waals surface area contributed by atoms with Gasteiger partial charge in [0.05, 0.1) is 22.8 Å². The Morgan fingerprint density at radius 1 is 0.452 bits per heavy atom. The molecule has 0 bridgehead atoms. The molecule has 1 aliphatic heterocycles. The highest BCUT2D eigenvalue weighted by Crippen LogP contribution is 2.53. The second kappa shape index (κ2) is 10.2. The van der Waals surface area contributed by atoms with Crippen LogP contribution in [-0.4, -0.2) is 29.9 Å². The van der Waals surface area contributed by atoms with Gasteiger partial charge in [-0.1, -0.05) is 61.7 Å². The van der Waals surface area contributed by atoms with Gasteiger partial charge in [-0.05, 0) is 48.5 Å². The minimum atomic E-state index is -0.0934. The molecule has 0 N–H and O–H groups in total. The van der Waals surface area contributed by atoms with E-state index < -0.39 is 0 Å². The van der Waals surface area contributed by atoms with Crippen molar-refractivity contribution in [2.75, 3.05) is 9.80 Å². The minimum absolute atomic E-state index is 0.0934. The molecule has 1 aliphatic rings. The third-order valence-corrected chi connectivity index (χ3v) is 6.59. The van der Waals surface area contributed by atoms with Gasteiger partial charge in [-0.25, -0.2) is 9.97 Å². The lowest BCUT2D eigenvalue weighted by atomic mass is 10.1. The smallest absolute Gasteiger partial charge is 0.300 e. The normalized spacial score (nSPS) is 11.7. The van der Waals surface area contributed by atoms with Crippen LogP contribution in [0.4, 0.5) is 46.3 Å². The number of hydrogen-bond donors (Lipinski definition) is 0. The highest BCUT2D eigenvalue weighted by atomic mass is 15.4. The van der Waals surface area contributed by atoms with Crippen molar-refractivity contribution in [3.8, 4) is 22.8 Å². The Morgan fingerprint density at radius 3 is 1.19 bits per heavy atom. The van der Waals surface area contributed by atoms with E-state index in [0.29, 0.717) is 46.0 Å². The molecule has 0 spiro atoms. The van der Waals surface area contributed by atoms with Crippen molar-refractivity contribution in [3.05, 3.63) is 132 Å². The minimum Gasteiger partial charge on any atom is -0.370 e. The summed E-state index contributed by atoms with van der Waals surface area (Å²) in [6.45, 7) is 15.4. The summed E-state index contributed by atoms with van der Waals surface area (Å²) >= 11 is 0. The van der Waals surface area contributed by atoms with Crippen molar-refractivity contribution < 1.29 is 0 Å². The summed E-state index contributed by atoms with van der Waals surface area (Å²) in [5, 5.41) is 0. The fourth-order valence-corrected chi connectivity index (χ4v) is 4.78. The van der Waals surface area contributed by atoms with Crippen molar-refractivity contribution in [1.82, 2.24) is 29.9 Å². The lowest BCUT2D eigenvalue weighted by molar-refractivity contribution is 0.997. The van der Waals surface area contributed by atoms with Gasteiger partial charge in [-0.2, -0.15) is 0 Å². The van der Waals surface area contributed by atoms with Crippen LogP contribution >= 0.6 is 0 Å². The van der Waals surface area contributed by atoms with Crippen molar-refractivity contribution in [3.63, 3.8) is 0 Å². The first-order valence-electron chi connectivity index (χ1n) is 12.9. The molecular weight excluding hydrogens is 524 g/mol. The van der Waals surface area contributed by atoms with Gasteiger partial charge < -0.3 is 9.69 Å². The molecular formula is C32H18N10. The highest BCUT2D eigenvalue weighted by molar-refractivity contribution is 5.98. The van der Waals surface area contributed by atoms with Crippen molar-refractivity contribution in [1.29, 1.82) is 0 Å². The van der Waals surface area contributed by atoms with Crippen LogP contribution in [0.25, 0.3) is 32.5 Å². The van der Waals surface area contributed by atoms with Gasteiger partial charge in [-0.15, -0.1) is 9.97 Å². The third kappa shape index (κ3) is 4.04. The molecule has 10 heteroatoms. The van der Waals surface area contributed by atoms with Gasteiger partial charge in [0.1, 0.15) is 11.4 Å². The largest absolute Gasteiger partial charge is 0.370 e. The van der Waals surface area contributed by atoms with Crippen LogP contribution < -0.4 is 9.80 Å². The molecule has 0 saturated heterocycles. The van der Waals surface area contributed by atoms with Crippen LogP contribution in [0.2, 0.25) is 0 Å². The van der Waals surface area contributed by atoms with Crippen LogP contribution in [0.5, 0.6) is 0 Å². The van der Waals surface area contributed by atoms with Crippen LogP contribution in [-0.2, 0) is 0 Å². The Labute approximate surface area is 240 Å². The summed E-state index contributed by atoms with van der Waals surface area (Å²) in [6.07, 6.45) is 3.41. The molecule has 0 aliphatic carbocycles.